The molecule has 4 aliphatic carbocycles. The summed E-state index contributed by atoms with van der Waals surface area (Å²) in [6.45, 7) is 31.8. The zero-order valence-corrected chi connectivity index (χ0v) is 44.9. The van der Waals surface area contributed by atoms with Crippen molar-refractivity contribution in [3.63, 3.8) is 0 Å². The van der Waals surface area contributed by atoms with Crippen molar-refractivity contribution in [1.29, 1.82) is 0 Å². The van der Waals surface area contributed by atoms with Gasteiger partial charge in [0.15, 0.2) is 0 Å². The lowest BCUT2D eigenvalue weighted by molar-refractivity contribution is -0.207. The molecule has 0 aromatic heterocycles. The fraction of sp³-hybridized carbons (Fsp3) is 0.839. The summed E-state index contributed by atoms with van der Waals surface area (Å²) in [5.41, 5.74) is 0.547. The molecule has 1 aromatic carbocycles. The highest BCUT2D eigenvalue weighted by molar-refractivity contribution is 5.90. The maximum absolute atomic E-state index is 13.5. The largest absolute Gasteiger partial charge is 0.459 e. The minimum atomic E-state index is -0.592. The van der Waals surface area contributed by atoms with E-state index in [0.29, 0.717) is 31.7 Å². The SMILES string of the molecule is CC(CCC(=O)Nc1ccc(CC(CN2CCN(CC(=O)OC(C)(C)C)CCN(CC(C)(C)C)CC2)NCC(=O)OC(C)(C)C)cc1)C1CCC2C3C(C[C@H](O)[C@]12C)[C@@]1(C)CC[C@@H](O)CC1C[C@H]3O. The molecule has 0 spiro atoms. The van der Waals surface area contributed by atoms with Gasteiger partial charge in [0.2, 0.25) is 5.91 Å². The quantitative estimate of drug-likeness (QED) is 0.113. The van der Waals surface area contributed by atoms with E-state index in [2.05, 4.69) is 79.0 Å². The molecule has 0 radical (unpaired) electrons. The van der Waals surface area contributed by atoms with Crippen molar-refractivity contribution in [3.8, 4) is 0 Å². The molecule has 1 saturated heterocycles. The number of carbonyl (C=O) groups is 3. The van der Waals surface area contributed by atoms with E-state index in [9.17, 15) is 29.7 Å². The zero-order chi connectivity index (χ0) is 50.7. The van der Waals surface area contributed by atoms with Gasteiger partial charge in [-0.3, -0.25) is 24.2 Å². The number of benzene rings is 1. The summed E-state index contributed by atoms with van der Waals surface area (Å²) in [5.74, 6) is 0.964. The Bertz CT molecular complexity index is 1860. The van der Waals surface area contributed by atoms with Gasteiger partial charge in [-0.1, -0.05) is 53.7 Å². The Morgan fingerprint density at radius 3 is 2.00 bits per heavy atom. The highest BCUT2D eigenvalue weighted by Crippen LogP contribution is 2.68. The Morgan fingerprint density at radius 1 is 0.768 bits per heavy atom. The van der Waals surface area contributed by atoms with Gasteiger partial charge in [0, 0.05) is 70.5 Å². The molecule has 1 amide bonds. The number of amides is 1. The van der Waals surface area contributed by atoms with Crippen LogP contribution in [0.4, 0.5) is 5.69 Å². The Hall–Kier alpha value is -2.65. The number of esters is 2. The highest BCUT2D eigenvalue weighted by Gasteiger charge is 2.65. The van der Waals surface area contributed by atoms with Gasteiger partial charge >= 0.3 is 11.9 Å². The van der Waals surface area contributed by atoms with Crippen LogP contribution >= 0.6 is 0 Å². The molecule has 0 bridgehead atoms. The van der Waals surface area contributed by atoms with Crippen molar-refractivity contribution in [1.82, 2.24) is 20.0 Å². The van der Waals surface area contributed by atoms with Crippen molar-refractivity contribution >= 4 is 23.5 Å². The summed E-state index contributed by atoms with van der Waals surface area (Å²) in [5, 5.41) is 40.9. The zero-order valence-electron chi connectivity index (χ0n) is 44.9. The maximum atomic E-state index is 13.5. The second-order valence-corrected chi connectivity index (χ2v) is 26.2. The number of carbonyl (C=O) groups excluding carboxylic acids is 3. The third-order valence-corrected chi connectivity index (χ3v) is 17.2. The number of hydrogen-bond acceptors (Lipinski definition) is 12. The molecule has 13 heteroatoms. The second-order valence-electron chi connectivity index (χ2n) is 26.2. The summed E-state index contributed by atoms with van der Waals surface area (Å²) < 4.78 is 11.4. The summed E-state index contributed by atoms with van der Waals surface area (Å²) in [7, 11) is 0. The minimum absolute atomic E-state index is 0.0224. The molecule has 5 fully saturated rings. The first-order chi connectivity index (χ1) is 32.1. The average molecular weight is 966 g/mol. The molecular weight excluding hydrogens is 871 g/mol. The lowest BCUT2D eigenvalue weighted by Gasteiger charge is -2.63. The Morgan fingerprint density at radius 2 is 1.38 bits per heavy atom. The molecule has 13 nitrogen and oxygen atoms in total. The smallest absolute Gasteiger partial charge is 0.320 e. The van der Waals surface area contributed by atoms with Crippen LogP contribution in [0.5, 0.6) is 0 Å². The van der Waals surface area contributed by atoms with E-state index in [1.165, 1.54) is 0 Å². The van der Waals surface area contributed by atoms with Crippen molar-refractivity contribution in [3.05, 3.63) is 29.8 Å². The number of fused-ring (bicyclic) bond motifs is 5. The van der Waals surface area contributed by atoms with Crippen LogP contribution in [-0.4, -0.2) is 149 Å². The Balaban J connectivity index is 1.06. The van der Waals surface area contributed by atoms with Crippen molar-refractivity contribution in [2.45, 2.75) is 183 Å². The molecule has 1 aliphatic heterocycles. The summed E-state index contributed by atoms with van der Waals surface area (Å²) in [6, 6.07) is 7.96. The average Bonchev–Trinajstić information content (AvgIpc) is 3.62. The lowest BCUT2D eigenvalue weighted by Crippen LogP contribution is -2.62. The van der Waals surface area contributed by atoms with Gasteiger partial charge in [0.25, 0.3) is 0 Å². The minimum Gasteiger partial charge on any atom is -0.459 e. The van der Waals surface area contributed by atoms with E-state index in [1.807, 2.05) is 53.7 Å². The third kappa shape index (κ3) is 15.0. The fourth-order valence-corrected chi connectivity index (χ4v) is 14.0. The number of hydrogen-bond donors (Lipinski definition) is 5. The van der Waals surface area contributed by atoms with Crippen LogP contribution in [0.15, 0.2) is 24.3 Å². The molecule has 1 heterocycles. The number of ether oxygens (including phenoxy) is 2. The highest BCUT2D eigenvalue weighted by atomic mass is 16.6. The Labute approximate surface area is 416 Å². The van der Waals surface area contributed by atoms with Crippen molar-refractivity contribution < 1.29 is 39.2 Å². The predicted octanol–water partition coefficient (Wildman–Crippen LogP) is 7.15. The van der Waals surface area contributed by atoms with Crippen molar-refractivity contribution in [2.75, 3.05) is 70.8 Å². The van der Waals surface area contributed by atoms with E-state index in [1.54, 1.807) is 0 Å². The van der Waals surface area contributed by atoms with E-state index < -0.39 is 23.4 Å². The topological polar surface area (TPSA) is 164 Å². The predicted molar refractivity (Wildman–Crippen MR) is 273 cm³/mol. The van der Waals surface area contributed by atoms with Crippen LogP contribution in [0.1, 0.15) is 146 Å². The van der Waals surface area contributed by atoms with Crippen LogP contribution in [0.3, 0.4) is 0 Å². The van der Waals surface area contributed by atoms with Gasteiger partial charge in [-0.15, -0.1) is 0 Å². The van der Waals surface area contributed by atoms with Crippen LogP contribution in [0.2, 0.25) is 0 Å². The molecule has 5 aliphatic rings. The number of anilines is 1. The van der Waals surface area contributed by atoms with E-state index >= 15 is 0 Å². The Kier molecular flexibility index (Phi) is 18.3. The second kappa shape index (κ2) is 22.6. The monoisotopic (exact) mass is 966 g/mol. The van der Waals surface area contributed by atoms with Gasteiger partial charge in [0.05, 0.1) is 31.4 Å². The lowest BCUT2D eigenvalue weighted by atomic mass is 9.43. The molecule has 5 N–H and O–H groups in total. The summed E-state index contributed by atoms with van der Waals surface area (Å²) in [4.78, 5) is 46.7. The standard InChI is InChI=1S/C56H95N5O8/c1-37(43-18-19-44-51-45(32-47(64)56(43,44)12)55(11)22-21-42(62)30-39(55)31-46(51)63)13-20-48(65)58-40-16-14-38(15-17-40)29-41(57-33-49(66)68-53(5,6)7)34-59-23-24-60(35-50(67)69-54(8,9)10)26-28-61(27-25-59)36-52(2,3)4/h14-17,37,39,41-47,51,57,62-64H,13,18-36H2,1-12H3,(H,58,65)/t37?,39?,41?,42-,43?,44?,45?,46-,47+,51?,55+,56-/m1/s1. The number of nitrogens with one attached hydrogen (secondary N) is 2. The first kappa shape index (κ1) is 55.7. The molecule has 6 rings (SSSR count). The van der Waals surface area contributed by atoms with E-state index in [0.717, 1.165) is 102 Å². The van der Waals surface area contributed by atoms with E-state index in [-0.39, 0.29) is 88.9 Å². The number of rotatable bonds is 15. The van der Waals surface area contributed by atoms with Gasteiger partial charge in [-0.2, -0.15) is 0 Å². The summed E-state index contributed by atoms with van der Waals surface area (Å²) in [6.07, 6.45) is 6.64. The van der Waals surface area contributed by atoms with Crippen LogP contribution in [-0.2, 0) is 30.3 Å². The molecule has 392 valence electrons. The van der Waals surface area contributed by atoms with Crippen LogP contribution in [0, 0.1) is 51.8 Å². The number of aliphatic hydroxyl groups excluding tert-OH is 3. The van der Waals surface area contributed by atoms with E-state index in [4.69, 9.17) is 9.47 Å². The van der Waals surface area contributed by atoms with Crippen LogP contribution < -0.4 is 10.6 Å². The number of nitrogens with zero attached hydrogens (tertiary/aromatic N) is 3. The van der Waals surface area contributed by atoms with Gasteiger partial charge in [0.1, 0.15) is 11.2 Å². The van der Waals surface area contributed by atoms with Crippen LogP contribution in [0.25, 0.3) is 0 Å². The molecular formula is C56H95N5O8. The van der Waals surface area contributed by atoms with Gasteiger partial charge in [-0.05, 0) is 169 Å². The number of aliphatic hydroxyl groups is 3. The molecule has 12 atom stereocenters. The first-order valence-electron chi connectivity index (χ1n) is 26.9. The van der Waals surface area contributed by atoms with Crippen molar-refractivity contribution in [2.24, 2.45) is 51.8 Å². The molecule has 4 saturated carbocycles. The third-order valence-electron chi connectivity index (χ3n) is 17.2. The normalized spacial score (nSPS) is 32.9. The fourth-order valence-electron chi connectivity index (χ4n) is 14.0. The van der Waals surface area contributed by atoms with Gasteiger partial charge < -0.3 is 40.3 Å². The molecule has 69 heavy (non-hydrogen) atoms. The maximum Gasteiger partial charge on any atom is 0.320 e. The van der Waals surface area contributed by atoms with Gasteiger partial charge in [-0.25, -0.2) is 0 Å². The molecule has 1 aromatic rings. The first-order valence-corrected chi connectivity index (χ1v) is 26.9. The summed E-state index contributed by atoms with van der Waals surface area (Å²) >= 11 is 0. The molecule has 7 unspecified atom stereocenters.